The quantitative estimate of drug-likeness (QED) is 0.657. The molecule has 0 spiro atoms. The van der Waals surface area contributed by atoms with Gasteiger partial charge in [0, 0.05) is 17.8 Å². The molecule has 1 rings (SSSR count). The summed E-state index contributed by atoms with van der Waals surface area (Å²) >= 11 is 0. The lowest BCUT2D eigenvalue weighted by molar-refractivity contribution is -0.135. The zero-order valence-electron chi connectivity index (χ0n) is 10.8. The van der Waals surface area contributed by atoms with Gasteiger partial charge in [0.2, 0.25) is 5.91 Å². The van der Waals surface area contributed by atoms with Crippen molar-refractivity contribution < 1.29 is 14.3 Å². The van der Waals surface area contributed by atoms with Crippen LogP contribution in [0.2, 0.25) is 0 Å². The lowest BCUT2D eigenvalue weighted by Crippen LogP contribution is -2.09. The topological polar surface area (TPSA) is 55.4 Å². The average molecular weight is 247 g/mol. The lowest BCUT2D eigenvalue weighted by atomic mass is 10.0. The number of rotatable bonds is 4. The fourth-order valence-electron chi connectivity index (χ4n) is 1.35. The van der Waals surface area contributed by atoms with Crippen molar-refractivity contribution in [1.29, 1.82) is 0 Å². The molecule has 0 fully saturated rings. The molecule has 0 saturated heterocycles. The smallest absolute Gasteiger partial charge is 0.330 e. The first kappa shape index (κ1) is 14.0. The Balaban J connectivity index is 2.60. The number of esters is 1. The minimum absolute atomic E-state index is 0.363. The molecule has 0 saturated carbocycles. The highest BCUT2D eigenvalue weighted by Gasteiger charge is 2.01. The predicted molar refractivity (Wildman–Crippen MR) is 70.3 cm³/mol. The van der Waals surface area contributed by atoms with Gasteiger partial charge in [0.15, 0.2) is 0 Å². The van der Waals surface area contributed by atoms with E-state index in [0.29, 0.717) is 11.6 Å². The van der Waals surface area contributed by atoms with Crippen molar-refractivity contribution in [3.05, 3.63) is 42.0 Å². The van der Waals surface area contributed by atoms with Gasteiger partial charge in [-0.1, -0.05) is 26.0 Å². The Kier molecular flexibility index (Phi) is 5.11. The standard InChI is InChI=1S/C14H17NO3/c1-10(2)11-4-6-12(7-5-11)15-13(16)8-9-14(17)18-3/h4-10H,1-3H3,(H,15,16). The molecule has 1 aromatic carbocycles. The van der Waals surface area contributed by atoms with E-state index in [4.69, 9.17) is 0 Å². The van der Waals surface area contributed by atoms with E-state index in [-0.39, 0.29) is 5.91 Å². The first-order valence-corrected chi connectivity index (χ1v) is 5.70. The number of ether oxygens (including phenoxy) is 1. The van der Waals surface area contributed by atoms with Crippen LogP contribution in [0.5, 0.6) is 0 Å². The first-order chi connectivity index (χ1) is 8.52. The van der Waals surface area contributed by atoms with Crippen LogP contribution in [0.1, 0.15) is 25.3 Å². The Bertz CT molecular complexity index is 447. The van der Waals surface area contributed by atoms with E-state index in [2.05, 4.69) is 23.9 Å². The minimum Gasteiger partial charge on any atom is -0.466 e. The Morgan fingerprint density at radius 2 is 1.78 bits per heavy atom. The molecule has 0 bridgehead atoms. The second-order valence-corrected chi connectivity index (χ2v) is 4.12. The van der Waals surface area contributed by atoms with Gasteiger partial charge in [-0.15, -0.1) is 0 Å². The molecular weight excluding hydrogens is 230 g/mol. The van der Waals surface area contributed by atoms with Crippen LogP contribution < -0.4 is 5.32 Å². The summed E-state index contributed by atoms with van der Waals surface area (Å²) in [6.45, 7) is 4.21. The molecule has 96 valence electrons. The molecule has 1 N–H and O–H groups in total. The number of hydrogen-bond acceptors (Lipinski definition) is 3. The Hall–Kier alpha value is -2.10. The van der Waals surface area contributed by atoms with Crippen molar-refractivity contribution in [2.45, 2.75) is 19.8 Å². The fourth-order valence-corrected chi connectivity index (χ4v) is 1.35. The number of hydrogen-bond donors (Lipinski definition) is 1. The molecule has 0 aliphatic rings. The van der Waals surface area contributed by atoms with E-state index in [1.165, 1.54) is 12.7 Å². The van der Waals surface area contributed by atoms with E-state index in [9.17, 15) is 9.59 Å². The highest BCUT2D eigenvalue weighted by molar-refractivity contribution is 6.02. The van der Waals surface area contributed by atoms with Gasteiger partial charge in [0.1, 0.15) is 0 Å². The van der Waals surface area contributed by atoms with Gasteiger partial charge < -0.3 is 10.1 Å². The maximum Gasteiger partial charge on any atom is 0.330 e. The van der Waals surface area contributed by atoms with Crippen molar-refractivity contribution in [1.82, 2.24) is 0 Å². The summed E-state index contributed by atoms with van der Waals surface area (Å²) < 4.78 is 4.39. The Morgan fingerprint density at radius 1 is 1.17 bits per heavy atom. The number of nitrogens with one attached hydrogen (secondary N) is 1. The maximum atomic E-state index is 11.4. The van der Waals surface area contributed by atoms with Gasteiger partial charge in [-0.3, -0.25) is 4.79 Å². The van der Waals surface area contributed by atoms with Gasteiger partial charge in [0.05, 0.1) is 7.11 Å². The highest BCUT2D eigenvalue weighted by Crippen LogP contribution is 2.16. The predicted octanol–water partition coefficient (Wildman–Crippen LogP) is 2.48. The largest absolute Gasteiger partial charge is 0.466 e. The fraction of sp³-hybridized carbons (Fsp3) is 0.286. The first-order valence-electron chi connectivity index (χ1n) is 5.70. The van der Waals surface area contributed by atoms with Gasteiger partial charge in [-0.2, -0.15) is 0 Å². The van der Waals surface area contributed by atoms with Crippen molar-refractivity contribution in [2.75, 3.05) is 12.4 Å². The monoisotopic (exact) mass is 247 g/mol. The summed E-state index contributed by atoms with van der Waals surface area (Å²) in [7, 11) is 1.26. The number of methoxy groups -OCH3 is 1. The second kappa shape index (κ2) is 6.59. The molecule has 0 unspecified atom stereocenters. The van der Waals surface area contributed by atoms with Crippen LogP contribution in [0.4, 0.5) is 5.69 Å². The van der Waals surface area contributed by atoms with Gasteiger partial charge in [-0.25, -0.2) is 4.79 Å². The Labute approximate surface area is 107 Å². The van der Waals surface area contributed by atoms with Crippen LogP contribution in [-0.2, 0) is 14.3 Å². The molecule has 4 heteroatoms. The van der Waals surface area contributed by atoms with Crippen LogP contribution in [0.3, 0.4) is 0 Å². The zero-order valence-corrected chi connectivity index (χ0v) is 10.8. The average Bonchev–Trinajstić information content (AvgIpc) is 2.36. The normalized spacial score (nSPS) is 10.7. The molecule has 18 heavy (non-hydrogen) atoms. The summed E-state index contributed by atoms with van der Waals surface area (Å²) in [5.74, 6) is -0.466. The molecule has 0 aliphatic heterocycles. The maximum absolute atomic E-state index is 11.4. The van der Waals surface area contributed by atoms with E-state index in [0.717, 1.165) is 12.2 Å². The van der Waals surface area contributed by atoms with Crippen LogP contribution in [0, 0.1) is 0 Å². The van der Waals surface area contributed by atoms with Gasteiger partial charge in [0.25, 0.3) is 0 Å². The van der Waals surface area contributed by atoms with Crippen molar-refractivity contribution in [3.8, 4) is 0 Å². The third-order valence-corrected chi connectivity index (χ3v) is 2.42. The number of carbonyl (C=O) groups is 2. The zero-order chi connectivity index (χ0) is 13.5. The second-order valence-electron chi connectivity index (χ2n) is 4.12. The molecule has 1 aromatic rings. The highest BCUT2D eigenvalue weighted by atomic mass is 16.5. The van der Waals surface area contributed by atoms with Crippen molar-refractivity contribution in [2.24, 2.45) is 0 Å². The number of carbonyl (C=O) groups excluding carboxylic acids is 2. The Morgan fingerprint density at radius 3 is 2.28 bits per heavy atom. The molecule has 1 amide bonds. The van der Waals surface area contributed by atoms with Gasteiger partial charge >= 0.3 is 5.97 Å². The molecule has 0 heterocycles. The summed E-state index contributed by atoms with van der Waals surface area (Å²) in [5, 5.41) is 2.65. The molecule has 4 nitrogen and oxygen atoms in total. The summed E-state index contributed by atoms with van der Waals surface area (Å²) in [4.78, 5) is 22.2. The van der Waals surface area contributed by atoms with E-state index in [1.807, 2.05) is 24.3 Å². The molecular formula is C14H17NO3. The lowest BCUT2D eigenvalue weighted by Gasteiger charge is -2.07. The van der Waals surface area contributed by atoms with Crippen LogP contribution >= 0.6 is 0 Å². The van der Waals surface area contributed by atoms with Crippen LogP contribution in [0.25, 0.3) is 0 Å². The van der Waals surface area contributed by atoms with E-state index >= 15 is 0 Å². The summed E-state index contributed by atoms with van der Waals surface area (Å²) in [6.07, 6.45) is 2.22. The third kappa shape index (κ3) is 4.41. The van der Waals surface area contributed by atoms with Crippen LogP contribution in [0.15, 0.2) is 36.4 Å². The SMILES string of the molecule is COC(=O)C=CC(=O)Nc1ccc(C(C)C)cc1. The summed E-state index contributed by atoms with van der Waals surface area (Å²) in [5.41, 5.74) is 1.90. The van der Waals surface area contributed by atoms with Crippen LogP contribution in [-0.4, -0.2) is 19.0 Å². The molecule has 0 aliphatic carbocycles. The third-order valence-electron chi connectivity index (χ3n) is 2.42. The number of amides is 1. The molecule has 0 radical (unpaired) electrons. The molecule has 0 aromatic heterocycles. The van der Waals surface area contributed by atoms with Gasteiger partial charge in [-0.05, 0) is 23.6 Å². The van der Waals surface area contributed by atoms with E-state index < -0.39 is 5.97 Å². The molecule has 0 atom stereocenters. The summed E-state index contributed by atoms with van der Waals surface area (Å²) in [6, 6.07) is 7.59. The van der Waals surface area contributed by atoms with Crippen molar-refractivity contribution in [3.63, 3.8) is 0 Å². The van der Waals surface area contributed by atoms with Crippen molar-refractivity contribution >= 4 is 17.6 Å². The number of anilines is 1. The van der Waals surface area contributed by atoms with E-state index in [1.54, 1.807) is 0 Å². The minimum atomic E-state index is -0.555. The number of benzene rings is 1.